The van der Waals surface area contributed by atoms with Crippen LogP contribution in [0.1, 0.15) is 48.9 Å². The van der Waals surface area contributed by atoms with Crippen LogP contribution in [-0.4, -0.2) is 33.9 Å². The number of hydrogen-bond acceptors (Lipinski definition) is 4. The van der Waals surface area contributed by atoms with E-state index in [0.29, 0.717) is 5.95 Å². The lowest BCUT2D eigenvalue weighted by Gasteiger charge is -2.31. The molecule has 24 heavy (non-hydrogen) atoms. The SMILES string of the molecule is Cc1cn(N=Cc2cccc(CN(C)C3CCCCC3)c2)c(N)n1. The molecule has 0 aliphatic heterocycles. The van der Waals surface area contributed by atoms with E-state index < -0.39 is 0 Å². The summed E-state index contributed by atoms with van der Waals surface area (Å²) in [6.07, 6.45) is 10.5. The van der Waals surface area contributed by atoms with E-state index in [0.717, 1.165) is 23.8 Å². The zero-order chi connectivity index (χ0) is 16.9. The normalized spacial score (nSPS) is 16.3. The topological polar surface area (TPSA) is 59.4 Å². The summed E-state index contributed by atoms with van der Waals surface area (Å²) in [5.74, 6) is 0.414. The van der Waals surface area contributed by atoms with Crippen molar-refractivity contribution in [2.45, 2.75) is 51.6 Å². The van der Waals surface area contributed by atoms with Crippen LogP contribution in [0, 0.1) is 6.92 Å². The molecule has 0 saturated heterocycles. The molecule has 1 saturated carbocycles. The van der Waals surface area contributed by atoms with Gasteiger partial charge in [0.1, 0.15) is 0 Å². The maximum atomic E-state index is 5.82. The first kappa shape index (κ1) is 16.7. The van der Waals surface area contributed by atoms with Crippen LogP contribution in [-0.2, 0) is 6.54 Å². The van der Waals surface area contributed by atoms with Gasteiger partial charge < -0.3 is 5.73 Å². The van der Waals surface area contributed by atoms with Gasteiger partial charge in [0.25, 0.3) is 0 Å². The largest absolute Gasteiger partial charge is 0.368 e. The third-order valence-electron chi connectivity index (χ3n) is 4.75. The Morgan fingerprint density at radius 2 is 2.12 bits per heavy atom. The lowest BCUT2D eigenvalue weighted by atomic mass is 9.94. The van der Waals surface area contributed by atoms with Gasteiger partial charge in [0.05, 0.1) is 18.1 Å². The predicted octanol–water partition coefficient (Wildman–Crippen LogP) is 3.42. The molecular weight excluding hydrogens is 298 g/mol. The number of hydrogen-bond donors (Lipinski definition) is 1. The van der Waals surface area contributed by atoms with Crippen LogP contribution in [0.4, 0.5) is 5.95 Å². The van der Waals surface area contributed by atoms with Gasteiger partial charge in [-0.2, -0.15) is 5.10 Å². The standard InChI is InChI=1S/C19H27N5/c1-15-13-24(19(20)22-15)21-12-16-7-6-8-17(11-16)14-23(2)18-9-4-3-5-10-18/h6-8,11-13,18H,3-5,9-10,14H2,1-2H3,(H2,20,22). The molecule has 1 aliphatic rings. The van der Waals surface area contributed by atoms with Crippen LogP contribution in [0.5, 0.6) is 0 Å². The molecule has 0 atom stereocenters. The number of aryl methyl sites for hydroxylation is 1. The number of nitrogen functional groups attached to an aromatic ring is 1. The molecule has 1 heterocycles. The van der Waals surface area contributed by atoms with E-state index in [1.807, 2.05) is 19.3 Å². The highest BCUT2D eigenvalue weighted by molar-refractivity contribution is 5.79. The highest BCUT2D eigenvalue weighted by atomic mass is 15.4. The van der Waals surface area contributed by atoms with E-state index in [1.54, 1.807) is 4.68 Å². The molecule has 0 radical (unpaired) electrons. The van der Waals surface area contributed by atoms with Gasteiger partial charge >= 0.3 is 0 Å². The van der Waals surface area contributed by atoms with Gasteiger partial charge in [0.2, 0.25) is 5.95 Å². The first-order chi connectivity index (χ1) is 11.6. The molecule has 1 aromatic carbocycles. The van der Waals surface area contributed by atoms with E-state index in [2.05, 4.69) is 46.3 Å². The van der Waals surface area contributed by atoms with Gasteiger partial charge in [-0.25, -0.2) is 9.66 Å². The second-order valence-corrected chi connectivity index (χ2v) is 6.78. The summed E-state index contributed by atoms with van der Waals surface area (Å²) in [7, 11) is 2.24. The lowest BCUT2D eigenvalue weighted by molar-refractivity contribution is 0.184. The second kappa shape index (κ2) is 7.62. The Labute approximate surface area is 144 Å². The number of aromatic nitrogens is 2. The van der Waals surface area contributed by atoms with E-state index >= 15 is 0 Å². The van der Waals surface area contributed by atoms with E-state index in [9.17, 15) is 0 Å². The molecule has 1 aliphatic carbocycles. The lowest BCUT2D eigenvalue weighted by Crippen LogP contribution is -2.32. The molecule has 128 valence electrons. The number of anilines is 1. The quantitative estimate of drug-likeness (QED) is 0.857. The average molecular weight is 325 g/mol. The van der Waals surface area contributed by atoms with Crippen LogP contribution in [0.15, 0.2) is 35.6 Å². The Balaban J connectivity index is 1.66. The summed E-state index contributed by atoms with van der Waals surface area (Å²) in [4.78, 5) is 6.65. The molecule has 2 aromatic rings. The molecule has 5 nitrogen and oxygen atoms in total. The van der Waals surface area contributed by atoms with Gasteiger partial charge in [-0.05, 0) is 44.0 Å². The summed E-state index contributed by atoms with van der Waals surface area (Å²) in [6.45, 7) is 2.89. The third kappa shape index (κ3) is 4.23. The van der Waals surface area contributed by atoms with E-state index in [-0.39, 0.29) is 0 Å². The van der Waals surface area contributed by atoms with Crippen molar-refractivity contribution >= 4 is 12.2 Å². The van der Waals surface area contributed by atoms with Gasteiger partial charge in [0.15, 0.2) is 0 Å². The van der Waals surface area contributed by atoms with Crippen molar-refractivity contribution in [3.8, 4) is 0 Å². The molecule has 2 N–H and O–H groups in total. The monoisotopic (exact) mass is 325 g/mol. The smallest absolute Gasteiger partial charge is 0.221 e. The van der Waals surface area contributed by atoms with Gasteiger partial charge in [0, 0.05) is 12.6 Å². The van der Waals surface area contributed by atoms with Crippen molar-refractivity contribution < 1.29 is 0 Å². The third-order valence-corrected chi connectivity index (χ3v) is 4.75. The van der Waals surface area contributed by atoms with E-state index in [1.165, 1.54) is 37.7 Å². The van der Waals surface area contributed by atoms with Crippen LogP contribution in [0.3, 0.4) is 0 Å². The van der Waals surface area contributed by atoms with Crippen molar-refractivity contribution in [1.82, 2.24) is 14.6 Å². The van der Waals surface area contributed by atoms with Crippen molar-refractivity contribution in [3.63, 3.8) is 0 Å². The molecular formula is C19H27N5. The number of benzene rings is 1. The maximum Gasteiger partial charge on any atom is 0.221 e. The van der Waals surface area contributed by atoms with Crippen molar-refractivity contribution in [2.75, 3.05) is 12.8 Å². The summed E-state index contributed by atoms with van der Waals surface area (Å²) in [6, 6.07) is 9.27. The molecule has 0 amide bonds. The first-order valence-corrected chi connectivity index (χ1v) is 8.77. The number of imidazole rings is 1. The van der Waals surface area contributed by atoms with Crippen molar-refractivity contribution in [1.29, 1.82) is 0 Å². The Bertz CT molecular complexity index is 698. The zero-order valence-corrected chi connectivity index (χ0v) is 14.7. The number of rotatable bonds is 5. The fourth-order valence-electron chi connectivity index (χ4n) is 3.44. The first-order valence-electron chi connectivity index (χ1n) is 8.77. The summed E-state index contributed by atoms with van der Waals surface area (Å²) in [5, 5.41) is 4.40. The van der Waals surface area contributed by atoms with Gasteiger partial charge in [-0.1, -0.05) is 37.5 Å². The summed E-state index contributed by atoms with van der Waals surface area (Å²) in [5.41, 5.74) is 9.08. The van der Waals surface area contributed by atoms with Gasteiger partial charge in [-0.15, -0.1) is 0 Å². The predicted molar refractivity (Wildman–Crippen MR) is 99.2 cm³/mol. The van der Waals surface area contributed by atoms with Crippen molar-refractivity contribution in [3.05, 3.63) is 47.3 Å². The fourth-order valence-corrected chi connectivity index (χ4v) is 3.44. The molecule has 0 bridgehead atoms. The number of nitrogens with two attached hydrogens (primary N) is 1. The fraction of sp³-hybridized carbons (Fsp3) is 0.474. The highest BCUT2D eigenvalue weighted by Gasteiger charge is 2.17. The molecule has 1 fully saturated rings. The zero-order valence-electron chi connectivity index (χ0n) is 14.7. The molecule has 3 rings (SSSR count). The minimum Gasteiger partial charge on any atom is -0.368 e. The maximum absolute atomic E-state index is 5.82. The molecule has 0 unspecified atom stereocenters. The van der Waals surface area contributed by atoms with Crippen LogP contribution < -0.4 is 5.73 Å². The Hall–Kier alpha value is -2.14. The molecule has 0 spiro atoms. The Morgan fingerprint density at radius 1 is 1.33 bits per heavy atom. The van der Waals surface area contributed by atoms with Crippen LogP contribution >= 0.6 is 0 Å². The highest BCUT2D eigenvalue weighted by Crippen LogP contribution is 2.23. The minimum absolute atomic E-state index is 0.414. The average Bonchev–Trinajstić information content (AvgIpc) is 2.91. The second-order valence-electron chi connectivity index (χ2n) is 6.78. The van der Waals surface area contributed by atoms with Gasteiger partial charge in [-0.3, -0.25) is 4.90 Å². The Kier molecular flexibility index (Phi) is 5.30. The van der Waals surface area contributed by atoms with Crippen LogP contribution in [0.25, 0.3) is 0 Å². The molecule has 5 heteroatoms. The van der Waals surface area contributed by atoms with E-state index in [4.69, 9.17) is 5.73 Å². The number of nitrogens with zero attached hydrogens (tertiary/aromatic N) is 4. The van der Waals surface area contributed by atoms with Crippen LogP contribution in [0.2, 0.25) is 0 Å². The summed E-state index contributed by atoms with van der Waals surface area (Å²) < 4.78 is 1.61. The minimum atomic E-state index is 0.414. The molecule has 1 aromatic heterocycles. The van der Waals surface area contributed by atoms with Crippen molar-refractivity contribution in [2.24, 2.45) is 5.10 Å². The Morgan fingerprint density at radius 3 is 2.83 bits per heavy atom. The summed E-state index contributed by atoms with van der Waals surface area (Å²) >= 11 is 0.